The van der Waals surface area contributed by atoms with Crippen LogP contribution in [0, 0.1) is 0 Å². The van der Waals surface area contributed by atoms with Gasteiger partial charge < -0.3 is 15.0 Å². The van der Waals surface area contributed by atoms with Crippen LogP contribution in [0.15, 0.2) is 24.3 Å². The maximum absolute atomic E-state index is 12.4. The summed E-state index contributed by atoms with van der Waals surface area (Å²) in [6, 6.07) is 7.04. The molecule has 0 aliphatic heterocycles. The highest BCUT2D eigenvalue weighted by Crippen LogP contribution is 2.21. The van der Waals surface area contributed by atoms with Gasteiger partial charge in [-0.3, -0.25) is 4.79 Å². The molecule has 118 valence electrons. The molecule has 2 N–H and O–H groups in total. The van der Waals surface area contributed by atoms with Crippen molar-refractivity contribution in [3.63, 3.8) is 0 Å². The van der Waals surface area contributed by atoms with Crippen molar-refractivity contribution in [1.82, 2.24) is 10.3 Å². The lowest BCUT2D eigenvalue weighted by atomic mass is 9.96. The Labute approximate surface area is 134 Å². The molecule has 0 bridgehead atoms. The highest BCUT2D eigenvalue weighted by atomic mass is 35.5. The first kappa shape index (κ1) is 16.4. The van der Waals surface area contributed by atoms with Gasteiger partial charge in [-0.15, -0.1) is 0 Å². The number of nitrogens with one attached hydrogen (secondary N) is 2. The lowest BCUT2D eigenvalue weighted by Gasteiger charge is -2.27. The first-order chi connectivity index (χ1) is 10.4. The normalized spacial score (nSPS) is 13.6. The van der Waals surface area contributed by atoms with Crippen LogP contribution >= 0.6 is 11.6 Å². The van der Waals surface area contributed by atoms with Crippen LogP contribution in [0.4, 0.5) is 0 Å². The minimum Gasteiger partial charge on any atom is -0.467 e. The molecule has 5 nitrogen and oxygen atoms in total. The van der Waals surface area contributed by atoms with Gasteiger partial charge >= 0.3 is 5.97 Å². The lowest BCUT2D eigenvalue weighted by Crippen LogP contribution is -2.52. The predicted octanol–water partition coefficient (Wildman–Crippen LogP) is 3.28. The van der Waals surface area contributed by atoms with E-state index in [0.717, 1.165) is 17.3 Å². The summed E-state index contributed by atoms with van der Waals surface area (Å²) in [6.45, 7) is 3.61. The molecule has 1 aromatic carbocycles. The summed E-state index contributed by atoms with van der Waals surface area (Å²) in [4.78, 5) is 27.4. The van der Waals surface area contributed by atoms with Crippen molar-refractivity contribution < 1.29 is 14.3 Å². The first-order valence-corrected chi connectivity index (χ1v) is 7.46. The number of benzene rings is 1. The Hall–Kier alpha value is -2.01. The Morgan fingerprint density at radius 3 is 2.73 bits per heavy atom. The molecule has 2 aromatic rings. The fraction of sp³-hybridized carbons (Fsp3) is 0.375. The van der Waals surface area contributed by atoms with Crippen molar-refractivity contribution >= 4 is 34.4 Å². The van der Waals surface area contributed by atoms with Crippen LogP contribution in [-0.4, -0.2) is 29.5 Å². The maximum Gasteiger partial charge on any atom is 0.331 e. The zero-order valence-electron chi connectivity index (χ0n) is 12.8. The van der Waals surface area contributed by atoms with Gasteiger partial charge in [0.05, 0.1) is 7.11 Å². The standard InChI is InChI=1S/C16H19ClN2O3/c1-4-7-16(2,15(21)22-3)19-14(20)13-9-10-8-11(17)5-6-12(10)18-13/h5-6,8-9,18H,4,7H2,1-3H3,(H,19,20). The van der Waals surface area contributed by atoms with Gasteiger partial charge in [-0.1, -0.05) is 24.9 Å². The molecule has 6 heteroatoms. The molecule has 2 rings (SSSR count). The van der Waals surface area contributed by atoms with E-state index in [1.807, 2.05) is 6.92 Å². The number of carbonyl (C=O) groups is 2. The van der Waals surface area contributed by atoms with E-state index in [1.165, 1.54) is 7.11 Å². The zero-order valence-corrected chi connectivity index (χ0v) is 13.6. The number of carbonyl (C=O) groups excluding carboxylic acids is 2. The number of amides is 1. The largest absolute Gasteiger partial charge is 0.467 e. The summed E-state index contributed by atoms with van der Waals surface area (Å²) in [5.74, 6) is -0.810. The molecule has 0 radical (unpaired) electrons. The molecule has 1 amide bonds. The van der Waals surface area contributed by atoms with Gasteiger partial charge in [0.1, 0.15) is 11.2 Å². The summed E-state index contributed by atoms with van der Waals surface area (Å²) >= 11 is 5.94. The van der Waals surface area contributed by atoms with E-state index in [2.05, 4.69) is 10.3 Å². The number of methoxy groups -OCH3 is 1. The van der Waals surface area contributed by atoms with Crippen LogP contribution in [0.3, 0.4) is 0 Å². The van der Waals surface area contributed by atoms with Gasteiger partial charge in [-0.25, -0.2) is 4.79 Å². The van der Waals surface area contributed by atoms with Crippen LogP contribution in [0.25, 0.3) is 10.9 Å². The van der Waals surface area contributed by atoms with Crippen LogP contribution in [-0.2, 0) is 9.53 Å². The van der Waals surface area contributed by atoms with E-state index in [-0.39, 0.29) is 5.91 Å². The number of esters is 1. The molecule has 22 heavy (non-hydrogen) atoms. The number of aromatic nitrogens is 1. The van der Waals surface area contributed by atoms with Crippen LogP contribution in [0.5, 0.6) is 0 Å². The van der Waals surface area contributed by atoms with Crippen molar-refractivity contribution in [3.05, 3.63) is 35.0 Å². The maximum atomic E-state index is 12.4. The molecule has 1 aromatic heterocycles. The minimum atomic E-state index is -1.05. The van der Waals surface area contributed by atoms with E-state index in [4.69, 9.17) is 16.3 Å². The molecule has 0 saturated carbocycles. The van der Waals surface area contributed by atoms with Crippen molar-refractivity contribution in [2.45, 2.75) is 32.2 Å². The molecule has 0 saturated heterocycles. The molecular formula is C16H19ClN2O3. The number of fused-ring (bicyclic) bond motifs is 1. The Morgan fingerprint density at radius 2 is 2.09 bits per heavy atom. The number of aromatic amines is 1. The van der Waals surface area contributed by atoms with Gasteiger partial charge in [-0.05, 0) is 37.6 Å². The smallest absolute Gasteiger partial charge is 0.331 e. The third-order valence-electron chi connectivity index (χ3n) is 3.60. The van der Waals surface area contributed by atoms with Gasteiger partial charge in [0.25, 0.3) is 5.91 Å². The number of hydrogen-bond acceptors (Lipinski definition) is 3. The van der Waals surface area contributed by atoms with Crippen LogP contribution in [0.2, 0.25) is 5.02 Å². The van der Waals surface area contributed by atoms with E-state index >= 15 is 0 Å². The van der Waals surface area contributed by atoms with Crippen molar-refractivity contribution in [1.29, 1.82) is 0 Å². The second-order valence-corrected chi connectivity index (χ2v) is 5.88. The number of rotatable bonds is 5. The highest BCUT2D eigenvalue weighted by Gasteiger charge is 2.35. The van der Waals surface area contributed by atoms with E-state index < -0.39 is 11.5 Å². The average molecular weight is 323 g/mol. The fourth-order valence-electron chi connectivity index (χ4n) is 2.48. The number of hydrogen-bond donors (Lipinski definition) is 2. The Morgan fingerprint density at radius 1 is 1.36 bits per heavy atom. The number of halogens is 1. The second-order valence-electron chi connectivity index (χ2n) is 5.44. The van der Waals surface area contributed by atoms with E-state index in [1.54, 1.807) is 31.2 Å². The van der Waals surface area contributed by atoms with Gasteiger partial charge in [-0.2, -0.15) is 0 Å². The van der Waals surface area contributed by atoms with Crippen LogP contribution in [0.1, 0.15) is 37.2 Å². The molecule has 0 spiro atoms. The first-order valence-electron chi connectivity index (χ1n) is 7.09. The number of H-pyrrole nitrogens is 1. The Balaban J connectivity index is 2.27. The predicted molar refractivity (Wildman–Crippen MR) is 86.1 cm³/mol. The molecule has 0 aliphatic carbocycles. The summed E-state index contributed by atoms with van der Waals surface area (Å²) < 4.78 is 4.80. The van der Waals surface area contributed by atoms with Crippen molar-refractivity contribution in [2.24, 2.45) is 0 Å². The second kappa shape index (κ2) is 6.40. The molecule has 1 unspecified atom stereocenters. The summed E-state index contributed by atoms with van der Waals surface area (Å²) in [7, 11) is 1.31. The molecule has 1 heterocycles. The summed E-state index contributed by atoms with van der Waals surface area (Å²) in [6.07, 6.45) is 1.24. The fourth-order valence-corrected chi connectivity index (χ4v) is 2.67. The third-order valence-corrected chi connectivity index (χ3v) is 3.84. The zero-order chi connectivity index (χ0) is 16.3. The quantitative estimate of drug-likeness (QED) is 0.830. The van der Waals surface area contributed by atoms with Crippen molar-refractivity contribution in [3.8, 4) is 0 Å². The third kappa shape index (κ3) is 3.25. The monoisotopic (exact) mass is 322 g/mol. The minimum absolute atomic E-state index is 0.353. The van der Waals surface area contributed by atoms with Gasteiger partial charge in [0.2, 0.25) is 0 Å². The summed E-state index contributed by atoms with van der Waals surface area (Å²) in [5, 5.41) is 4.20. The van der Waals surface area contributed by atoms with Gasteiger partial charge in [0.15, 0.2) is 0 Å². The Bertz CT molecular complexity index is 710. The van der Waals surface area contributed by atoms with E-state index in [9.17, 15) is 9.59 Å². The van der Waals surface area contributed by atoms with Crippen LogP contribution < -0.4 is 5.32 Å². The molecule has 0 fully saturated rings. The highest BCUT2D eigenvalue weighted by molar-refractivity contribution is 6.31. The molecule has 0 aliphatic rings. The SMILES string of the molecule is CCCC(C)(NC(=O)c1cc2cc(Cl)ccc2[nH]1)C(=O)OC. The summed E-state index contributed by atoms with van der Waals surface area (Å²) in [5.41, 5.74) is 0.142. The molecule has 1 atom stereocenters. The Kier molecular flexibility index (Phi) is 4.76. The van der Waals surface area contributed by atoms with E-state index in [0.29, 0.717) is 17.1 Å². The topological polar surface area (TPSA) is 71.2 Å². The van der Waals surface area contributed by atoms with Gasteiger partial charge in [0, 0.05) is 15.9 Å². The van der Waals surface area contributed by atoms with Crippen molar-refractivity contribution in [2.75, 3.05) is 7.11 Å². The average Bonchev–Trinajstić information content (AvgIpc) is 2.89. The molecular weight excluding hydrogens is 304 g/mol. The number of ether oxygens (including phenoxy) is 1. The lowest BCUT2D eigenvalue weighted by molar-refractivity contribution is -0.147.